The second-order valence-corrected chi connectivity index (χ2v) is 4.75. The Morgan fingerprint density at radius 1 is 1.15 bits per heavy atom. The summed E-state index contributed by atoms with van der Waals surface area (Å²) < 4.78 is 7.76. The molecule has 4 heteroatoms. The summed E-state index contributed by atoms with van der Waals surface area (Å²) in [6.45, 7) is 10.0. The third-order valence-electron chi connectivity index (χ3n) is 3.35. The molecule has 0 unspecified atom stereocenters. The van der Waals surface area contributed by atoms with E-state index >= 15 is 0 Å². The van der Waals surface area contributed by atoms with E-state index < -0.39 is 0 Å². The zero-order valence-corrected chi connectivity index (χ0v) is 12.5. The Kier molecular flexibility index (Phi) is 5.18. The van der Waals surface area contributed by atoms with Crippen LogP contribution in [0.2, 0.25) is 0 Å². The fourth-order valence-electron chi connectivity index (χ4n) is 2.15. The summed E-state index contributed by atoms with van der Waals surface area (Å²) in [6.07, 6.45) is 0. The van der Waals surface area contributed by atoms with E-state index in [1.54, 1.807) is 0 Å². The van der Waals surface area contributed by atoms with Crippen molar-refractivity contribution >= 4 is 0 Å². The maximum atomic E-state index is 5.91. The monoisotopic (exact) mass is 273 g/mol. The van der Waals surface area contributed by atoms with Gasteiger partial charge < -0.3 is 9.64 Å². The van der Waals surface area contributed by atoms with Crippen molar-refractivity contribution in [2.24, 2.45) is 0 Å². The van der Waals surface area contributed by atoms with Crippen LogP contribution in [0.5, 0.6) is 5.88 Å². The van der Waals surface area contributed by atoms with E-state index in [9.17, 15) is 0 Å². The first kappa shape index (κ1) is 14.6. The van der Waals surface area contributed by atoms with Gasteiger partial charge in [0.2, 0.25) is 5.88 Å². The first-order chi connectivity index (χ1) is 9.74. The molecule has 1 aromatic carbocycles. The Labute approximate surface area is 121 Å². The molecule has 108 valence electrons. The van der Waals surface area contributed by atoms with Crippen molar-refractivity contribution in [1.82, 2.24) is 14.7 Å². The Hall–Kier alpha value is -1.81. The van der Waals surface area contributed by atoms with Crippen molar-refractivity contribution in [3.8, 4) is 11.6 Å². The zero-order chi connectivity index (χ0) is 14.4. The van der Waals surface area contributed by atoms with Crippen LogP contribution >= 0.6 is 0 Å². The van der Waals surface area contributed by atoms with Gasteiger partial charge in [0.1, 0.15) is 6.61 Å². The number of hydrogen-bond acceptors (Lipinski definition) is 3. The number of benzene rings is 1. The summed E-state index contributed by atoms with van der Waals surface area (Å²) in [7, 11) is 0. The van der Waals surface area contributed by atoms with Gasteiger partial charge in [-0.3, -0.25) is 0 Å². The standard InChI is InChI=1S/C16H23N3O/c1-4-18(5-2)11-12-20-16-13-14(3)17-19(16)15-9-7-6-8-10-15/h6-10,13H,4-5,11-12H2,1-3H3. The highest BCUT2D eigenvalue weighted by atomic mass is 16.5. The van der Waals surface area contributed by atoms with E-state index in [0.29, 0.717) is 6.61 Å². The van der Waals surface area contributed by atoms with Crippen molar-refractivity contribution in [2.45, 2.75) is 20.8 Å². The maximum Gasteiger partial charge on any atom is 0.216 e. The average Bonchev–Trinajstić information content (AvgIpc) is 2.85. The molecular weight excluding hydrogens is 250 g/mol. The molecule has 0 aliphatic heterocycles. The Balaban J connectivity index is 2.05. The fourth-order valence-corrected chi connectivity index (χ4v) is 2.15. The van der Waals surface area contributed by atoms with E-state index in [1.165, 1.54) is 0 Å². The van der Waals surface area contributed by atoms with Crippen molar-refractivity contribution in [1.29, 1.82) is 0 Å². The lowest BCUT2D eigenvalue weighted by Gasteiger charge is -2.18. The number of aryl methyl sites for hydroxylation is 1. The Bertz CT molecular complexity index is 518. The minimum atomic E-state index is 0.680. The second kappa shape index (κ2) is 7.10. The SMILES string of the molecule is CCN(CC)CCOc1cc(C)nn1-c1ccccc1. The third-order valence-corrected chi connectivity index (χ3v) is 3.35. The molecule has 0 saturated heterocycles. The van der Waals surface area contributed by atoms with Gasteiger partial charge in [0, 0.05) is 12.6 Å². The number of nitrogens with zero attached hydrogens (tertiary/aromatic N) is 3. The lowest BCUT2D eigenvalue weighted by molar-refractivity contribution is 0.214. The van der Waals surface area contributed by atoms with Crippen LogP contribution in [0.25, 0.3) is 5.69 Å². The minimum absolute atomic E-state index is 0.680. The molecule has 20 heavy (non-hydrogen) atoms. The summed E-state index contributed by atoms with van der Waals surface area (Å²) >= 11 is 0. The summed E-state index contributed by atoms with van der Waals surface area (Å²) in [5, 5.41) is 4.50. The van der Waals surface area contributed by atoms with Gasteiger partial charge in [0.15, 0.2) is 0 Å². The highest BCUT2D eigenvalue weighted by Gasteiger charge is 2.09. The van der Waals surface area contributed by atoms with Crippen LogP contribution in [0.4, 0.5) is 0 Å². The first-order valence-corrected chi connectivity index (χ1v) is 7.21. The number of ether oxygens (including phenoxy) is 1. The summed E-state index contributed by atoms with van der Waals surface area (Å²) in [4.78, 5) is 2.34. The minimum Gasteiger partial charge on any atom is -0.476 e. The molecule has 1 aromatic heterocycles. The van der Waals surface area contributed by atoms with Crippen LogP contribution in [-0.4, -0.2) is 40.9 Å². The molecule has 1 heterocycles. The largest absolute Gasteiger partial charge is 0.476 e. The third kappa shape index (κ3) is 3.61. The van der Waals surface area contributed by atoms with Crippen LogP contribution in [0.1, 0.15) is 19.5 Å². The van der Waals surface area contributed by atoms with E-state index in [1.807, 2.05) is 48.0 Å². The van der Waals surface area contributed by atoms with Gasteiger partial charge in [0.05, 0.1) is 11.4 Å². The second-order valence-electron chi connectivity index (χ2n) is 4.75. The van der Waals surface area contributed by atoms with Crippen LogP contribution < -0.4 is 4.74 Å². The van der Waals surface area contributed by atoms with Gasteiger partial charge >= 0.3 is 0 Å². The number of aromatic nitrogens is 2. The summed E-state index contributed by atoms with van der Waals surface area (Å²) in [5.41, 5.74) is 1.99. The van der Waals surface area contributed by atoms with Gasteiger partial charge in [-0.25, -0.2) is 4.68 Å². The van der Waals surface area contributed by atoms with E-state index in [4.69, 9.17) is 4.74 Å². The zero-order valence-electron chi connectivity index (χ0n) is 12.5. The highest BCUT2D eigenvalue weighted by Crippen LogP contribution is 2.18. The molecule has 0 spiro atoms. The first-order valence-electron chi connectivity index (χ1n) is 7.21. The van der Waals surface area contributed by atoms with E-state index in [0.717, 1.165) is 36.9 Å². The predicted molar refractivity (Wildman–Crippen MR) is 81.6 cm³/mol. The molecule has 0 aliphatic carbocycles. The summed E-state index contributed by atoms with van der Waals surface area (Å²) in [6, 6.07) is 12.1. The molecule has 0 bridgehead atoms. The molecule has 0 amide bonds. The molecular formula is C16H23N3O. The Morgan fingerprint density at radius 2 is 1.85 bits per heavy atom. The van der Waals surface area contributed by atoms with Gasteiger partial charge in [0.25, 0.3) is 0 Å². The molecule has 0 fully saturated rings. The topological polar surface area (TPSA) is 30.3 Å². The normalized spacial score (nSPS) is 11.0. The molecule has 0 radical (unpaired) electrons. The van der Waals surface area contributed by atoms with Crippen molar-refractivity contribution in [3.05, 3.63) is 42.1 Å². The maximum absolute atomic E-state index is 5.91. The molecule has 0 aliphatic rings. The van der Waals surface area contributed by atoms with Crippen molar-refractivity contribution < 1.29 is 4.74 Å². The lowest BCUT2D eigenvalue weighted by atomic mass is 10.3. The number of likely N-dealkylation sites (N-methyl/N-ethyl adjacent to an activating group) is 1. The van der Waals surface area contributed by atoms with Crippen molar-refractivity contribution in [2.75, 3.05) is 26.2 Å². The fraction of sp³-hybridized carbons (Fsp3) is 0.438. The van der Waals surface area contributed by atoms with Crippen LogP contribution in [0, 0.1) is 6.92 Å². The lowest BCUT2D eigenvalue weighted by Crippen LogP contribution is -2.28. The predicted octanol–water partition coefficient (Wildman–Crippen LogP) is 2.90. The smallest absolute Gasteiger partial charge is 0.216 e. The molecule has 2 aromatic rings. The molecule has 2 rings (SSSR count). The van der Waals surface area contributed by atoms with Gasteiger partial charge in [-0.2, -0.15) is 5.10 Å². The van der Waals surface area contributed by atoms with Gasteiger partial charge in [-0.1, -0.05) is 32.0 Å². The highest BCUT2D eigenvalue weighted by molar-refractivity contribution is 5.35. The van der Waals surface area contributed by atoms with Crippen LogP contribution in [-0.2, 0) is 0 Å². The molecule has 4 nitrogen and oxygen atoms in total. The van der Waals surface area contributed by atoms with Crippen molar-refractivity contribution in [3.63, 3.8) is 0 Å². The number of hydrogen-bond donors (Lipinski definition) is 0. The summed E-state index contributed by atoms with van der Waals surface area (Å²) in [5.74, 6) is 0.806. The number of rotatable bonds is 7. The average molecular weight is 273 g/mol. The van der Waals surface area contributed by atoms with Crippen LogP contribution in [0.15, 0.2) is 36.4 Å². The number of para-hydroxylation sites is 1. The molecule has 0 saturated carbocycles. The van der Waals surface area contributed by atoms with Crippen LogP contribution in [0.3, 0.4) is 0 Å². The quantitative estimate of drug-likeness (QED) is 0.777. The van der Waals surface area contributed by atoms with E-state index in [-0.39, 0.29) is 0 Å². The van der Waals surface area contributed by atoms with E-state index in [2.05, 4.69) is 23.8 Å². The molecule has 0 N–H and O–H groups in total. The Morgan fingerprint density at radius 3 is 2.50 bits per heavy atom. The molecule has 0 atom stereocenters. The van der Waals surface area contributed by atoms with Gasteiger partial charge in [-0.15, -0.1) is 0 Å². The van der Waals surface area contributed by atoms with Gasteiger partial charge in [-0.05, 0) is 32.1 Å².